The molecule has 0 rings (SSSR count). The highest BCUT2D eigenvalue weighted by molar-refractivity contribution is 7.47. The lowest BCUT2D eigenvalue weighted by Crippen LogP contribution is -2.37. The Morgan fingerprint density at radius 2 is 0.894 bits per heavy atom. The number of nitrogens with zero attached hydrogens (tertiary/aromatic N) is 1. The second kappa shape index (κ2) is 46.8. The van der Waals surface area contributed by atoms with Crippen LogP contribution in [0.2, 0.25) is 0 Å². The molecular formula is C56H95NO8P+. The van der Waals surface area contributed by atoms with E-state index in [-0.39, 0.29) is 26.1 Å². The first-order chi connectivity index (χ1) is 32.0. The molecule has 9 nitrogen and oxygen atoms in total. The summed E-state index contributed by atoms with van der Waals surface area (Å²) in [5.74, 6) is -0.913. The smallest absolute Gasteiger partial charge is 0.462 e. The average Bonchev–Trinajstić information content (AvgIpc) is 3.27. The minimum atomic E-state index is -4.41. The topological polar surface area (TPSA) is 108 Å². The second-order valence-electron chi connectivity index (χ2n) is 17.8. The van der Waals surface area contributed by atoms with Crippen LogP contribution in [0.1, 0.15) is 181 Å². The van der Waals surface area contributed by atoms with Gasteiger partial charge >= 0.3 is 19.8 Å². The maximum Gasteiger partial charge on any atom is 0.472 e. The number of carbonyl (C=O) groups excluding carboxylic acids is 2. The van der Waals surface area contributed by atoms with Crippen LogP contribution in [0.5, 0.6) is 0 Å². The SMILES string of the molecule is CC/C=C\C/C=C\C/C=C\C/C=C\C/C=C\C/C=C\CCC(=O)OC(COC(=O)CCCCCCCCCC/C=C\C/C=C\C/C=C\CCCCCCC)COP(=O)(O)OCC[N+](C)(C)C. The van der Waals surface area contributed by atoms with Crippen LogP contribution in [0.15, 0.2) is 109 Å². The summed E-state index contributed by atoms with van der Waals surface area (Å²) in [4.78, 5) is 35.5. The van der Waals surface area contributed by atoms with Gasteiger partial charge in [-0.15, -0.1) is 0 Å². The van der Waals surface area contributed by atoms with Gasteiger partial charge in [-0.05, 0) is 89.9 Å². The maximum absolute atomic E-state index is 12.7. The van der Waals surface area contributed by atoms with Crippen LogP contribution in [0, 0.1) is 0 Å². The Bertz CT molecular complexity index is 1480. The van der Waals surface area contributed by atoms with Crippen molar-refractivity contribution in [1.82, 2.24) is 0 Å². The third-order valence-corrected chi connectivity index (χ3v) is 11.3. The Balaban J connectivity index is 4.39. The molecule has 0 aliphatic heterocycles. The highest BCUT2D eigenvalue weighted by atomic mass is 31.2. The molecule has 2 atom stereocenters. The fourth-order valence-electron chi connectivity index (χ4n) is 6.34. The van der Waals surface area contributed by atoms with Gasteiger partial charge in [-0.3, -0.25) is 18.6 Å². The molecule has 0 bridgehead atoms. The molecule has 0 aliphatic carbocycles. The van der Waals surface area contributed by atoms with Gasteiger partial charge in [-0.1, -0.05) is 187 Å². The summed E-state index contributed by atoms with van der Waals surface area (Å²) in [5, 5.41) is 0. The zero-order valence-corrected chi connectivity index (χ0v) is 43.3. The lowest BCUT2D eigenvalue weighted by molar-refractivity contribution is -0.870. The predicted octanol–water partition coefficient (Wildman–Crippen LogP) is 15.5. The van der Waals surface area contributed by atoms with Gasteiger partial charge in [0.25, 0.3) is 0 Å². The first kappa shape index (κ1) is 62.7. The zero-order valence-electron chi connectivity index (χ0n) is 42.4. The minimum Gasteiger partial charge on any atom is -0.462 e. The highest BCUT2D eigenvalue weighted by Crippen LogP contribution is 2.43. The minimum absolute atomic E-state index is 0.0105. The van der Waals surface area contributed by atoms with Crippen molar-refractivity contribution < 1.29 is 42.1 Å². The molecule has 0 aliphatic rings. The molecule has 0 aromatic heterocycles. The van der Waals surface area contributed by atoms with Crippen LogP contribution < -0.4 is 0 Å². The van der Waals surface area contributed by atoms with Crippen molar-refractivity contribution in [3.8, 4) is 0 Å². The van der Waals surface area contributed by atoms with Gasteiger partial charge in [-0.25, -0.2) is 4.57 Å². The maximum atomic E-state index is 12.7. The number of phosphoric acid groups is 1. The standard InChI is InChI=1S/C56H94NO8P/c1-6-8-10-12-14-16-18-20-22-24-26-27-28-29-31-32-34-36-38-40-42-44-46-48-55(58)62-52-54(53-64-66(60,61)63-51-50-57(3,4)5)65-56(59)49-47-45-43-41-39-37-35-33-30-25-23-21-19-17-15-13-11-9-7-2/h9,11,15,17-18,20-21,23-24,26,28-30,33,37,39,43,45,54H,6-8,10,12-14,16,19,22,25,27,31-32,34-36,38,40-42,44,46-53H2,1-5H3/p+1/b11-9-,17-15-,20-18-,23-21-,26-24-,29-28-,33-30-,39-37-,45-43-. The number of phosphoric ester groups is 1. The van der Waals surface area contributed by atoms with E-state index in [0.717, 1.165) is 77.0 Å². The highest BCUT2D eigenvalue weighted by Gasteiger charge is 2.27. The molecule has 0 heterocycles. The van der Waals surface area contributed by atoms with Crippen molar-refractivity contribution in [3.05, 3.63) is 109 Å². The molecule has 0 aromatic rings. The summed E-state index contributed by atoms with van der Waals surface area (Å²) in [7, 11) is 1.41. The van der Waals surface area contributed by atoms with Crippen LogP contribution >= 0.6 is 7.82 Å². The number of unbranched alkanes of at least 4 members (excludes halogenated alkanes) is 13. The van der Waals surface area contributed by atoms with E-state index in [4.69, 9.17) is 18.5 Å². The van der Waals surface area contributed by atoms with E-state index in [1.165, 1.54) is 64.2 Å². The van der Waals surface area contributed by atoms with E-state index < -0.39 is 32.5 Å². The molecule has 2 unspecified atom stereocenters. The molecule has 0 amide bonds. The normalized spacial score (nSPS) is 14.3. The lowest BCUT2D eigenvalue weighted by Gasteiger charge is -2.24. The molecule has 66 heavy (non-hydrogen) atoms. The number of hydrogen-bond donors (Lipinski definition) is 1. The average molecular weight is 941 g/mol. The first-order valence-corrected chi connectivity index (χ1v) is 27.1. The molecule has 1 N–H and O–H groups in total. The van der Waals surface area contributed by atoms with Crippen LogP contribution in [0.3, 0.4) is 0 Å². The van der Waals surface area contributed by atoms with Gasteiger partial charge in [0.2, 0.25) is 0 Å². The van der Waals surface area contributed by atoms with Gasteiger partial charge in [0.05, 0.1) is 27.7 Å². The van der Waals surface area contributed by atoms with Crippen LogP contribution in [0.25, 0.3) is 0 Å². The summed E-state index contributed by atoms with van der Waals surface area (Å²) in [6, 6.07) is 0. The van der Waals surface area contributed by atoms with Crippen molar-refractivity contribution in [1.29, 1.82) is 0 Å². The van der Waals surface area contributed by atoms with Crippen molar-refractivity contribution in [2.75, 3.05) is 47.5 Å². The molecule has 0 fully saturated rings. The van der Waals surface area contributed by atoms with Crippen LogP contribution in [-0.4, -0.2) is 74.9 Å². The summed E-state index contributed by atoms with van der Waals surface area (Å²) in [6.07, 6.45) is 64.4. The summed E-state index contributed by atoms with van der Waals surface area (Å²) in [6.45, 7) is 4.19. The number of rotatable bonds is 45. The fraction of sp³-hybridized carbons (Fsp3) is 0.643. The van der Waals surface area contributed by atoms with Crippen molar-refractivity contribution in [2.24, 2.45) is 0 Å². The van der Waals surface area contributed by atoms with Gasteiger partial charge in [0.15, 0.2) is 6.10 Å². The Morgan fingerprint density at radius 3 is 1.35 bits per heavy atom. The Hall–Kier alpha value is -3.33. The number of esters is 2. The van der Waals surface area contributed by atoms with E-state index in [9.17, 15) is 19.0 Å². The van der Waals surface area contributed by atoms with Crippen molar-refractivity contribution in [3.63, 3.8) is 0 Å². The molecule has 0 aromatic carbocycles. The Morgan fingerprint density at radius 1 is 0.485 bits per heavy atom. The lowest BCUT2D eigenvalue weighted by atomic mass is 10.1. The van der Waals surface area contributed by atoms with Crippen LogP contribution in [0.4, 0.5) is 0 Å². The number of allylic oxidation sites excluding steroid dienone is 18. The van der Waals surface area contributed by atoms with Gasteiger partial charge in [0, 0.05) is 12.8 Å². The van der Waals surface area contributed by atoms with Gasteiger partial charge in [-0.2, -0.15) is 0 Å². The third-order valence-electron chi connectivity index (χ3n) is 10.3. The molecule has 0 radical (unpaired) electrons. The zero-order chi connectivity index (χ0) is 48.5. The van der Waals surface area contributed by atoms with E-state index in [0.29, 0.717) is 23.9 Å². The number of likely N-dealkylation sites (N-methyl/N-ethyl adjacent to an activating group) is 1. The third kappa shape index (κ3) is 50.1. The molecule has 10 heteroatoms. The molecule has 0 saturated heterocycles. The van der Waals surface area contributed by atoms with E-state index >= 15 is 0 Å². The number of quaternary nitrogens is 1. The van der Waals surface area contributed by atoms with Crippen molar-refractivity contribution in [2.45, 2.75) is 187 Å². The molecule has 0 spiro atoms. The predicted molar refractivity (Wildman–Crippen MR) is 279 cm³/mol. The number of carbonyl (C=O) groups is 2. The fourth-order valence-corrected chi connectivity index (χ4v) is 7.08. The summed E-state index contributed by atoms with van der Waals surface area (Å²) >= 11 is 0. The Kier molecular flexibility index (Phi) is 44.4. The summed E-state index contributed by atoms with van der Waals surface area (Å²) in [5.41, 5.74) is 0. The monoisotopic (exact) mass is 941 g/mol. The van der Waals surface area contributed by atoms with Gasteiger partial charge in [0.1, 0.15) is 19.8 Å². The second-order valence-corrected chi connectivity index (χ2v) is 19.3. The number of hydrogen-bond acceptors (Lipinski definition) is 7. The van der Waals surface area contributed by atoms with Crippen molar-refractivity contribution >= 4 is 19.8 Å². The first-order valence-electron chi connectivity index (χ1n) is 25.6. The molecule has 0 saturated carbocycles. The van der Waals surface area contributed by atoms with E-state index in [2.05, 4.69) is 111 Å². The number of ether oxygens (including phenoxy) is 2. The molecular weight excluding hydrogens is 846 g/mol. The quantitative estimate of drug-likeness (QED) is 0.0211. The van der Waals surface area contributed by atoms with E-state index in [1.807, 2.05) is 33.3 Å². The summed E-state index contributed by atoms with van der Waals surface area (Å²) < 4.78 is 34.3. The molecule has 376 valence electrons. The van der Waals surface area contributed by atoms with Crippen LogP contribution in [-0.2, 0) is 32.7 Å². The van der Waals surface area contributed by atoms with E-state index in [1.54, 1.807) is 0 Å². The van der Waals surface area contributed by atoms with Gasteiger partial charge < -0.3 is 18.9 Å². The largest absolute Gasteiger partial charge is 0.472 e. The Labute approximate surface area is 404 Å².